The predicted octanol–water partition coefficient (Wildman–Crippen LogP) is 2.63. The van der Waals surface area contributed by atoms with Crippen LogP contribution in [0.4, 0.5) is 10.2 Å². The lowest BCUT2D eigenvalue weighted by molar-refractivity contribution is -0.115. The van der Waals surface area contributed by atoms with Gasteiger partial charge < -0.3 is 5.32 Å². The maximum atomic E-state index is 12.9. The van der Waals surface area contributed by atoms with Gasteiger partial charge in [-0.3, -0.25) is 4.79 Å². The lowest BCUT2D eigenvalue weighted by Gasteiger charge is -2.06. The lowest BCUT2D eigenvalue weighted by Crippen LogP contribution is -2.18. The van der Waals surface area contributed by atoms with E-state index in [1.54, 1.807) is 6.07 Å². The Bertz CT molecular complexity index is 985. The molecule has 0 atom stereocenters. The van der Waals surface area contributed by atoms with Crippen LogP contribution in [0.1, 0.15) is 6.42 Å². The number of sulfone groups is 1. The zero-order chi connectivity index (χ0) is 17.2. The van der Waals surface area contributed by atoms with Gasteiger partial charge in [-0.05, 0) is 35.7 Å². The average molecular weight is 365 g/mol. The van der Waals surface area contributed by atoms with Crippen LogP contribution in [0.3, 0.4) is 0 Å². The largest absolute Gasteiger partial charge is 0.310 e. The van der Waals surface area contributed by atoms with Crippen molar-refractivity contribution in [1.29, 1.82) is 0 Å². The minimum absolute atomic E-state index is 0.0149. The van der Waals surface area contributed by atoms with Gasteiger partial charge in [0, 0.05) is 6.42 Å². The summed E-state index contributed by atoms with van der Waals surface area (Å²) < 4.78 is 37.2. The molecular weight excluding hydrogens is 353 g/mol. The van der Waals surface area contributed by atoms with Crippen LogP contribution in [0, 0.1) is 5.82 Å². The molecule has 0 aliphatic heterocycles. The molecule has 0 spiro atoms. The SMILES string of the molecule is O=C(CCS(=O)(=O)c1ccc(F)cc1)Nc1ncnc2sccc12. The third kappa shape index (κ3) is 3.57. The van der Waals surface area contributed by atoms with E-state index in [0.717, 1.165) is 17.0 Å². The summed E-state index contributed by atoms with van der Waals surface area (Å²) in [5.41, 5.74) is 0. The molecule has 0 unspecified atom stereocenters. The molecule has 2 aromatic heterocycles. The second kappa shape index (κ2) is 6.62. The number of aromatic nitrogens is 2. The summed E-state index contributed by atoms with van der Waals surface area (Å²) in [6, 6.07) is 6.29. The van der Waals surface area contributed by atoms with Gasteiger partial charge in [0.15, 0.2) is 9.84 Å². The van der Waals surface area contributed by atoms with Crippen molar-refractivity contribution in [3.05, 3.63) is 47.9 Å². The second-order valence-corrected chi connectivity index (χ2v) is 7.94. The maximum absolute atomic E-state index is 12.9. The molecule has 0 bridgehead atoms. The summed E-state index contributed by atoms with van der Waals surface area (Å²) in [6.07, 6.45) is 1.11. The van der Waals surface area contributed by atoms with E-state index in [0.29, 0.717) is 11.2 Å². The second-order valence-electron chi connectivity index (χ2n) is 4.93. The van der Waals surface area contributed by atoms with Gasteiger partial charge in [-0.2, -0.15) is 0 Å². The number of anilines is 1. The third-order valence-corrected chi connectivity index (χ3v) is 5.84. The number of hydrogen-bond acceptors (Lipinski definition) is 6. The number of thiophene rings is 1. The van der Waals surface area contributed by atoms with Gasteiger partial charge in [-0.15, -0.1) is 11.3 Å². The smallest absolute Gasteiger partial charge is 0.226 e. The van der Waals surface area contributed by atoms with E-state index in [2.05, 4.69) is 15.3 Å². The van der Waals surface area contributed by atoms with Crippen molar-refractivity contribution in [2.45, 2.75) is 11.3 Å². The first-order valence-electron chi connectivity index (χ1n) is 6.92. The molecule has 3 aromatic rings. The first-order chi connectivity index (χ1) is 11.5. The Morgan fingerprint density at radius 1 is 1.17 bits per heavy atom. The van der Waals surface area contributed by atoms with Crippen LogP contribution in [-0.4, -0.2) is 30.0 Å². The molecule has 0 aliphatic carbocycles. The summed E-state index contributed by atoms with van der Waals surface area (Å²) in [5, 5.41) is 5.13. The highest BCUT2D eigenvalue weighted by Crippen LogP contribution is 2.23. The Labute approximate surface area is 141 Å². The van der Waals surface area contributed by atoms with E-state index in [-0.39, 0.29) is 17.1 Å². The van der Waals surface area contributed by atoms with Crippen LogP contribution in [-0.2, 0) is 14.6 Å². The van der Waals surface area contributed by atoms with Crippen molar-refractivity contribution < 1.29 is 17.6 Å². The molecule has 0 fully saturated rings. The summed E-state index contributed by atoms with van der Waals surface area (Å²) in [7, 11) is -3.65. The Kier molecular flexibility index (Phi) is 4.54. The summed E-state index contributed by atoms with van der Waals surface area (Å²) in [6.45, 7) is 0. The fourth-order valence-electron chi connectivity index (χ4n) is 2.07. The van der Waals surface area contributed by atoms with E-state index < -0.39 is 21.6 Å². The highest BCUT2D eigenvalue weighted by atomic mass is 32.2. The molecule has 24 heavy (non-hydrogen) atoms. The molecule has 6 nitrogen and oxygen atoms in total. The number of carbonyl (C=O) groups is 1. The van der Waals surface area contributed by atoms with Crippen molar-refractivity contribution in [2.75, 3.05) is 11.1 Å². The molecule has 2 heterocycles. The maximum Gasteiger partial charge on any atom is 0.226 e. The standard InChI is InChI=1S/C15H12FN3O3S2/c16-10-1-3-11(4-2-10)24(21,22)8-6-13(20)19-14-12-5-7-23-15(12)18-9-17-14/h1-5,7,9H,6,8H2,(H,17,18,19,20). The first-order valence-corrected chi connectivity index (χ1v) is 9.45. The van der Waals surface area contributed by atoms with Gasteiger partial charge >= 0.3 is 0 Å². The van der Waals surface area contributed by atoms with E-state index >= 15 is 0 Å². The van der Waals surface area contributed by atoms with Crippen LogP contribution < -0.4 is 5.32 Å². The number of fused-ring (bicyclic) bond motifs is 1. The van der Waals surface area contributed by atoms with E-state index in [9.17, 15) is 17.6 Å². The topological polar surface area (TPSA) is 89.0 Å². The van der Waals surface area contributed by atoms with Gasteiger partial charge in [0.05, 0.1) is 16.0 Å². The van der Waals surface area contributed by atoms with Crippen LogP contribution in [0.25, 0.3) is 10.2 Å². The average Bonchev–Trinajstić information content (AvgIpc) is 3.03. The molecule has 1 aromatic carbocycles. The summed E-state index contributed by atoms with van der Waals surface area (Å²) in [4.78, 5) is 20.8. The molecule has 0 saturated heterocycles. The van der Waals surface area contributed by atoms with Crippen molar-refractivity contribution in [3.8, 4) is 0 Å². The Hall–Kier alpha value is -2.39. The van der Waals surface area contributed by atoms with Crippen molar-refractivity contribution in [1.82, 2.24) is 9.97 Å². The molecule has 9 heteroatoms. The number of nitrogens with one attached hydrogen (secondary N) is 1. The van der Waals surface area contributed by atoms with Gasteiger partial charge in [-0.1, -0.05) is 0 Å². The number of halogens is 1. The van der Waals surface area contributed by atoms with Crippen LogP contribution in [0.5, 0.6) is 0 Å². The molecular formula is C15H12FN3O3S2. The van der Waals surface area contributed by atoms with Crippen LogP contribution in [0.15, 0.2) is 46.9 Å². The van der Waals surface area contributed by atoms with E-state index in [4.69, 9.17) is 0 Å². The quantitative estimate of drug-likeness (QED) is 0.702. The predicted molar refractivity (Wildman–Crippen MR) is 89.1 cm³/mol. The zero-order valence-corrected chi connectivity index (χ0v) is 13.9. The highest BCUT2D eigenvalue weighted by molar-refractivity contribution is 7.91. The van der Waals surface area contributed by atoms with Gasteiger partial charge in [0.1, 0.15) is 22.8 Å². The van der Waals surface area contributed by atoms with Crippen LogP contribution >= 0.6 is 11.3 Å². The summed E-state index contributed by atoms with van der Waals surface area (Å²) >= 11 is 1.42. The molecule has 1 N–H and O–H groups in total. The van der Waals surface area contributed by atoms with Gasteiger partial charge in [0.2, 0.25) is 5.91 Å². The third-order valence-electron chi connectivity index (χ3n) is 3.29. The fraction of sp³-hybridized carbons (Fsp3) is 0.133. The van der Waals surface area contributed by atoms with Gasteiger partial charge in [-0.25, -0.2) is 22.8 Å². The Morgan fingerprint density at radius 3 is 2.67 bits per heavy atom. The molecule has 124 valence electrons. The lowest BCUT2D eigenvalue weighted by atomic mass is 10.3. The highest BCUT2D eigenvalue weighted by Gasteiger charge is 2.17. The number of amides is 1. The minimum Gasteiger partial charge on any atom is -0.310 e. The van der Waals surface area contributed by atoms with Crippen molar-refractivity contribution in [3.63, 3.8) is 0 Å². The molecule has 1 amide bonds. The number of hydrogen-bond donors (Lipinski definition) is 1. The zero-order valence-electron chi connectivity index (χ0n) is 12.3. The molecule has 3 rings (SSSR count). The van der Waals surface area contributed by atoms with Crippen molar-refractivity contribution in [2.24, 2.45) is 0 Å². The number of benzene rings is 1. The summed E-state index contributed by atoms with van der Waals surface area (Å²) in [5.74, 6) is -1.00. The van der Waals surface area contributed by atoms with E-state index in [1.165, 1.54) is 29.8 Å². The van der Waals surface area contributed by atoms with Crippen molar-refractivity contribution >= 4 is 43.1 Å². The fourth-order valence-corrected chi connectivity index (χ4v) is 4.04. The Morgan fingerprint density at radius 2 is 1.92 bits per heavy atom. The molecule has 0 aliphatic rings. The number of carbonyl (C=O) groups excluding carboxylic acids is 1. The normalized spacial score (nSPS) is 11.5. The molecule has 0 saturated carbocycles. The van der Waals surface area contributed by atoms with Crippen LogP contribution in [0.2, 0.25) is 0 Å². The minimum atomic E-state index is -3.65. The number of nitrogens with zero attached hydrogens (tertiary/aromatic N) is 2. The monoisotopic (exact) mass is 365 g/mol. The first kappa shape index (κ1) is 16.5. The van der Waals surface area contributed by atoms with Gasteiger partial charge in [0.25, 0.3) is 0 Å². The van der Waals surface area contributed by atoms with E-state index in [1.807, 2.05) is 5.38 Å². The Balaban J connectivity index is 1.67. The number of rotatable bonds is 5. The molecule has 0 radical (unpaired) electrons.